The largest absolute Gasteiger partial charge is 0.350 e. The van der Waals surface area contributed by atoms with E-state index in [1.165, 1.54) is 51.4 Å². The summed E-state index contributed by atoms with van der Waals surface area (Å²) in [5.41, 5.74) is 0.852. The quantitative estimate of drug-likeness (QED) is 0.226. The van der Waals surface area contributed by atoms with Gasteiger partial charge < -0.3 is 47.4 Å². The molecule has 10 heteroatoms. The lowest BCUT2D eigenvalue weighted by Gasteiger charge is -2.48. The van der Waals surface area contributed by atoms with Gasteiger partial charge in [-0.15, -0.1) is 0 Å². The van der Waals surface area contributed by atoms with Crippen LogP contribution in [0.25, 0.3) is 0 Å². The maximum atomic E-state index is 5.60. The summed E-state index contributed by atoms with van der Waals surface area (Å²) in [7, 11) is 0. The molecule has 8 fully saturated rings. The highest BCUT2D eigenvalue weighted by atomic mass is 16.7. The maximum absolute atomic E-state index is 5.60. The van der Waals surface area contributed by atoms with Crippen LogP contribution >= 0.6 is 0 Å². The van der Waals surface area contributed by atoms with Crippen molar-refractivity contribution in [1.29, 1.82) is 0 Å². The van der Waals surface area contributed by atoms with Crippen LogP contribution in [0.3, 0.4) is 0 Å². The molecule has 0 aromatic carbocycles. The molecule has 9 rings (SSSR count). The van der Waals surface area contributed by atoms with Gasteiger partial charge in [-0.3, -0.25) is 0 Å². The number of hydrogen-bond acceptors (Lipinski definition) is 10. The first kappa shape index (κ1) is 42.5. The summed E-state index contributed by atoms with van der Waals surface area (Å²) >= 11 is 0. The van der Waals surface area contributed by atoms with Gasteiger partial charge in [0.25, 0.3) is 0 Å². The first-order valence-electron chi connectivity index (χ1n) is 20.3. The van der Waals surface area contributed by atoms with E-state index >= 15 is 0 Å². The summed E-state index contributed by atoms with van der Waals surface area (Å²) in [5, 5.41) is 0. The Morgan fingerprint density at radius 1 is 0.404 bits per heavy atom. The Hall–Kier alpha value is -0.660. The fourth-order valence-electron chi connectivity index (χ4n) is 6.86. The molecule has 0 bridgehead atoms. The third kappa shape index (κ3) is 13.8. The molecule has 0 amide bonds. The first-order chi connectivity index (χ1) is 24.3. The molecular weight excluding hydrogens is 664 g/mol. The Morgan fingerprint density at radius 3 is 1.17 bits per heavy atom. The monoisotopic (exact) mass is 739 g/mol. The number of rotatable bonds is 0. The molecule has 0 aromatic heterocycles. The number of ether oxygens (including phenoxy) is 10. The fraction of sp³-hybridized carbons (Fsp3) is 0.952. The molecule has 4 atom stereocenters. The highest BCUT2D eigenvalue weighted by Gasteiger charge is 2.49. The molecule has 0 aromatic rings. The second kappa shape index (κ2) is 17.2. The minimum atomic E-state index is -0.398. The molecule has 52 heavy (non-hydrogen) atoms. The number of fused-ring (bicyclic) bond motifs is 2. The average molecular weight is 739 g/mol. The zero-order chi connectivity index (χ0) is 37.7. The smallest absolute Gasteiger partial charge is 0.163 e. The SMILES string of the molecule is CC1(C)OC/C=C\CCO1.CC1(C)OCC2(CC2)CO1.CC1(C)OCC2(CCC2)CO1.CC1(C)OCC2CC2CO1.CC1(C)OCC2CCC2CO1. The van der Waals surface area contributed by atoms with Crippen molar-refractivity contribution in [2.75, 3.05) is 66.1 Å². The lowest BCUT2D eigenvalue weighted by molar-refractivity contribution is -0.297. The molecule has 10 nitrogen and oxygen atoms in total. The molecule has 2 spiro atoms. The van der Waals surface area contributed by atoms with Crippen LogP contribution in [0.15, 0.2) is 12.2 Å². The van der Waals surface area contributed by atoms with Crippen molar-refractivity contribution in [3.63, 3.8) is 0 Å². The van der Waals surface area contributed by atoms with Crippen molar-refractivity contribution in [1.82, 2.24) is 0 Å². The van der Waals surface area contributed by atoms with Gasteiger partial charge in [0.15, 0.2) is 28.9 Å². The maximum Gasteiger partial charge on any atom is 0.163 e. The summed E-state index contributed by atoms with van der Waals surface area (Å²) < 4.78 is 55.2. The normalized spacial score (nSPS) is 36.4. The van der Waals surface area contributed by atoms with E-state index in [2.05, 4.69) is 6.08 Å². The Balaban J connectivity index is 0.000000126. The summed E-state index contributed by atoms with van der Waals surface area (Å²) in [6, 6.07) is 0. The summed E-state index contributed by atoms with van der Waals surface area (Å²) in [4.78, 5) is 0. The molecule has 4 saturated heterocycles. The van der Waals surface area contributed by atoms with Crippen molar-refractivity contribution in [2.24, 2.45) is 34.5 Å². The lowest BCUT2D eigenvalue weighted by atomic mass is 9.69. The molecule has 302 valence electrons. The fourth-order valence-corrected chi connectivity index (χ4v) is 6.86. The first-order valence-corrected chi connectivity index (χ1v) is 20.3. The highest BCUT2D eigenvalue weighted by Crippen LogP contribution is 2.50. The summed E-state index contributed by atoms with van der Waals surface area (Å²) in [6.45, 7) is 28.4. The van der Waals surface area contributed by atoms with E-state index < -0.39 is 5.79 Å². The van der Waals surface area contributed by atoms with Gasteiger partial charge in [0.05, 0.1) is 66.1 Å². The number of hydrogen-bond donors (Lipinski definition) is 0. The van der Waals surface area contributed by atoms with E-state index in [1.54, 1.807) is 0 Å². The zero-order valence-corrected chi connectivity index (χ0v) is 34.5. The minimum absolute atomic E-state index is 0.326. The highest BCUT2D eigenvalue weighted by molar-refractivity contribution is 4.95. The van der Waals surface area contributed by atoms with Crippen LogP contribution in [-0.4, -0.2) is 95.0 Å². The second-order valence-electron chi connectivity index (χ2n) is 19.0. The average Bonchev–Trinajstić information content (AvgIpc) is 3.95. The Morgan fingerprint density at radius 2 is 0.788 bits per heavy atom. The predicted molar refractivity (Wildman–Crippen MR) is 199 cm³/mol. The topological polar surface area (TPSA) is 92.3 Å². The van der Waals surface area contributed by atoms with Crippen molar-refractivity contribution in [3.05, 3.63) is 12.2 Å². The summed E-state index contributed by atoms with van der Waals surface area (Å²) in [5.74, 6) is 1.47. The molecule has 4 saturated carbocycles. The van der Waals surface area contributed by atoms with E-state index in [1.807, 2.05) is 75.3 Å². The third-order valence-electron chi connectivity index (χ3n) is 11.9. The molecule has 0 N–H and O–H groups in total. The Labute approximate surface area is 315 Å². The minimum Gasteiger partial charge on any atom is -0.350 e. The van der Waals surface area contributed by atoms with Gasteiger partial charge in [-0.2, -0.15) is 0 Å². The van der Waals surface area contributed by atoms with E-state index in [-0.39, 0.29) is 23.1 Å². The van der Waals surface area contributed by atoms with Gasteiger partial charge in [0, 0.05) is 10.8 Å². The van der Waals surface area contributed by atoms with Crippen LogP contribution in [-0.2, 0) is 47.4 Å². The molecular formula is C42H74O10. The molecule has 5 aliphatic heterocycles. The van der Waals surface area contributed by atoms with Crippen molar-refractivity contribution < 1.29 is 47.4 Å². The summed E-state index contributed by atoms with van der Waals surface area (Å²) in [6.07, 6.45) is 15.6. The van der Waals surface area contributed by atoms with Crippen LogP contribution in [0.4, 0.5) is 0 Å². The lowest BCUT2D eigenvalue weighted by Crippen LogP contribution is -2.49. The van der Waals surface area contributed by atoms with Gasteiger partial charge in [0.1, 0.15) is 0 Å². The molecule has 5 heterocycles. The Bertz CT molecular complexity index is 1080. The van der Waals surface area contributed by atoms with Gasteiger partial charge in [0.2, 0.25) is 0 Å². The van der Waals surface area contributed by atoms with Gasteiger partial charge in [-0.25, -0.2) is 0 Å². The third-order valence-corrected chi connectivity index (χ3v) is 11.9. The van der Waals surface area contributed by atoms with Crippen molar-refractivity contribution in [3.8, 4) is 0 Å². The van der Waals surface area contributed by atoms with E-state index in [0.29, 0.717) is 17.4 Å². The second-order valence-corrected chi connectivity index (χ2v) is 19.0. The van der Waals surface area contributed by atoms with E-state index in [9.17, 15) is 0 Å². The van der Waals surface area contributed by atoms with Gasteiger partial charge in [-0.1, -0.05) is 18.6 Å². The van der Waals surface area contributed by atoms with Crippen LogP contribution < -0.4 is 0 Å². The standard InChI is InChI=1S/2C9H16O2.3C8H14O2/c1-9(2)10-5-7-3-4-8(7)6-11-9;1-8(2)10-6-9(7-11-8)4-3-5-9;1-8(2)9-4-6-3-7(6)5-10-8;1-7(2)9-5-8(3-4-8)6-10-7;1-8(2)9-6-4-3-5-7-10-8/h7-8H,3-6H2,1-2H3;3-7H2,1-2H3;6-7H,3-5H2,1-2H3;3-6H2,1-2H3;3-4H,5-7H2,1-2H3/b;;;;4-3-. The van der Waals surface area contributed by atoms with Crippen LogP contribution in [0.5, 0.6) is 0 Å². The van der Waals surface area contributed by atoms with Crippen LogP contribution in [0, 0.1) is 34.5 Å². The van der Waals surface area contributed by atoms with Crippen molar-refractivity contribution >= 4 is 0 Å². The molecule has 4 unspecified atom stereocenters. The van der Waals surface area contributed by atoms with Crippen LogP contribution in [0.2, 0.25) is 0 Å². The van der Waals surface area contributed by atoms with Gasteiger partial charge in [-0.05, 0) is 144 Å². The van der Waals surface area contributed by atoms with E-state index in [4.69, 9.17) is 47.4 Å². The zero-order valence-electron chi connectivity index (χ0n) is 34.5. The predicted octanol–water partition coefficient (Wildman–Crippen LogP) is 8.41. The molecule has 0 radical (unpaired) electrons. The molecule has 9 aliphatic rings. The van der Waals surface area contributed by atoms with Crippen molar-refractivity contribution in [2.45, 2.75) is 156 Å². The van der Waals surface area contributed by atoms with Gasteiger partial charge >= 0.3 is 0 Å². The Kier molecular flexibility index (Phi) is 14.1. The van der Waals surface area contributed by atoms with Crippen LogP contribution in [0.1, 0.15) is 127 Å². The van der Waals surface area contributed by atoms with E-state index in [0.717, 1.165) is 89.6 Å². The molecule has 4 aliphatic carbocycles.